The Bertz CT molecular complexity index is 1010. The van der Waals surface area contributed by atoms with E-state index in [1.807, 2.05) is 19.1 Å². The Labute approximate surface area is 190 Å². The van der Waals surface area contributed by atoms with Gasteiger partial charge in [0.2, 0.25) is 0 Å². The van der Waals surface area contributed by atoms with E-state index in [0.29, 0.717) is 26.3 Å². The number of nitrogens with zero attached hydrogens (tertiary/aromatic N) is 2. The van der Waals surface area contributed by atoms with Crippen molar-refractivity contribution in [3.63, 3.8) is 0 Å². The summed E-state index contributed by atoms with van der Waals surface area (Å²) in [5.41, 5.74) is 1.88. The molecule has 2 aromatic rings. The van der Waals surface area contributed by atoms with Gasteiger partial charge in [-0.2, -0.15) is 0 Å². The number of benzene rings is 2. The van der Waals surface area contributed by atoms with Gasteiger partial charge >= 0.3 is 0 Å². The first kappa shape index (κ1) is 21.3. The van der Waals surface area contributed by atoms with Crippen LogP contribution in [-0.4, -0.2) is 29.8 Å². The lowest BCUT2D eigenvalue weighted by atomic mass is 10.2. The van der Waals surface area contributed by atoms with Gasteiger partial charge in [0.25, 0.3) is 11.8 Å². The average Bonchev–Trinajstić information content (AvgIpc) is 2.89. The van der Waals surface area contributed by atoms with Gasteiger partial charge in [-0.25, -0.2) is 4.90 Å². The molecule has 2 aromatic carbocycles. The molecule has 4 rings (SSSR count). The van der Waals surface area contributed by atoms with Gasteiger partial charge in [-0.1, -0.05) is 47.8 Å². The monoisotopic (exact) mass is 460 g/mol. The number of aryl methyl sites for hydroxylation is 1. The Hall–Kier alpha value is -1.95. The molecule has 0 aliphatic carbocycles. The van der Waals surface area contributed by atoms with Crippen molar-refractivity contribution in [2.24, 2.45) is 0 Å². The summed E-state index contributed by atoms with van der Waals surface area (Å²) in [4.78, 5) is 31.8. The summed E-state index contributed by atoms with van der Waals surface area (Å²) < 4.78 is 0. The number of carbonyl (C=O) groups excluding carboxylic acids is 2. The van der Waals surface area contributed by atoms with Gasteiger partial charge in [-0.15, -0.1) is 0 Å². The fourth-order valence-electron chi connectivity index (χ4n) is 3.87. The van der Waals surface area contributed by atoms with Crippen LogP contribution in [0.5, 0.6) is 0 Å². The third-order valence-corrected chi connectivity index (χ3v) is 6.94. The van der Waals surface area contributed by atoms with Gasteiger partial charge in [0.15, 0.2) is 0 Å². The number of hydrogen-bond acceptors (Lipinski definition) is 4. The van der Waals surface area contributed by atoms with Crippen LogP contribution in [0.15, 0.2) is 58.0 Å². The second-order valence-electron chi connectivity index (χ2n) is 7.51. The summed E-state index contributed by atoms with van der Waals surface area (Å²) in [5.74, 6) is -0.548. The zero-order valence-corrected chi connectivity index (χ0v) is 19.0. The minimum Gasteiger partial charge on any atom is -0.366 e. The molecule has 2 amide bonds. The smallest absolute Gasteiger partial charge is 0.283 e. The zero-order chi connectivity index (χ0) is 21.3. The maximum absolute atomic E-state index is 13.6. The van der Waals surface area contributed by atoms with Gasteiger partial charge < -0.3 is 4.90 Å². The molecule has 2 aliphatic rings. The van der Waals surface area contributed by atoms with E-state index in [1.165, 1.54) is 16.7 Å². The lowest BCUT2D eigenvalue weighted by Crippen LogP contribution is -2.36. The first-order chi connectivity index (χ1) is 14.5. The number of amides is 2. The molecular weight excluding hydrogens is 439 g/mol. The van der Waals surface area contributed by atoms with E-state index in [1.54, 1.807) is 30.3 Å². The third kappa shape index (κ3) is 4.25. The average molecular weight is 461 g/mol. The van der Waals surface area contributed by atoms with Crippen LogP contribution in [-0.2, 0) is 9.59 Å². The van der Waals surface area contributed by atoms with Crippen molar-refractivity contribution in [3.05, 3.63) is 68.7 Å². The van der Waals surface area contributed by atoms with E-state index in [2.05, 4.69) is 4.90 Å². The van der Waals surface area contributed by atoms with E-state index in [-0.39, 0.29) is 11.8 Å². The van der Waals surface area contributed by atoms with Crippen molar-refractivity contribution in [3.8, 4) is 0 Å². The number of imide groups is 1. The number of thioether (sulfide) groups is 1. The van der Waals surface area contributed by atoms with E-state index in [0.717, 1.165) is 49.2 Å². The van der Waals surface area contributed by atoms with Crippen LogP contribution in [0.2, 0.25) is 10.0 Å². The fourth-order valence-corrected chi connectivity index (χ4v) is 5.22. The molecule has 2 heterocycles. The molecule has 4 nitrogen and oxygen atoms in total. The Kier molecular flexibility index (Phi) is 6.42. The summed E-state index contributed by atoms with van der Waals surface area (Å²) in [6.07, 6.45) is 4.32. The number of rotatable bonds is 4. The van der Waals surface area contributed by atoms with Crippen molar-refractivity contribution < 1.29 is 9.59 Å². The second-order valence-corrected chi connectivity index (χ2v) is 9.47. The summed E-state index contributed by atoms with van der Waals surface area (Å²) in [6, 6.07) is 12.5. The number of carbonyl (C=O) groups is 2. The van der Waals surface area contributed by atoms with Crippen LogP contribution in [0.1, 0.15) is 31.2 Å². The van der Waals surface area contributed by atoms with Crippen molar-refractivity contribution in [1.29, 1.82) is 0 Å². The van der Waals surface area contributed by atoms with Crippen molar-refractivity contribution in [1.82, 2.24) is 4.90 Å². The molecule has 2 aliphatic heterocycles. The first-order valence-corrected chi connectivity index (χ1v) is 11.6. The lowest BCUT2D eigenvalue weighted by Gasteiger charge is -2.24. The van der Waals surface area contributed by atoms with Crippen LogP contribution in [0, 0.1) is 6.92 Å². The predicted molar refractivity (Wildman–Crippen MR) is 123 cm³/mol. The summed E-state index contributed by atoms with van der Waals surface area (Å²) in [5, 5.41) is 1.21. The van der Waals surface area contributed by atoms with Gasteiger partial charge in [0, 0.05) is 28.0 Å². The van der Waals surface area contributed by atoms with Gasteiger partial charge in [-0.05, 0) is 67.8 Å². The van der Waals surface area contributed by atoms with E-state index in [4.69, 9.17) is 23.2 Å². The topological polar surface area (TPSA) is 40.6 Å². The van der Waals surface area contributed by atoms with Crippen LogP contribution in [0.4, 0.5) is 5.69 Å². The van der Waals surface area contributed by atoms with Gasteiger partial charge in [0.05, 0.1) is 5.69 Å². The zero-order valence-electron chi connectivity index (χ0n) is 16.7. The van der Waals surface area contributed by atoms with Crippen LogP contribution in [0.3, 0.4) is 0 Å². The molecule has 0 atom stereocenters. The predicted octanol–water partition coefficient (Wildman–Crippen LogP) is 6.05. The quantitative estimate of drug-likeness (QED) is 0.520. The maximum Gasteiger partial charge on any atom is 0.283 e. The fraction of sp³-hybridized carbons (Fsp3) is 0.304. The molecular formula is C23H22Cl2N2O2S. The summed E-state index contributed by atoms with van der Waals surface area (Å²) in [6.45, 7) is 3.43. The van der Waals surface area contributed by atoms with Crippen molar-refractivity contribution in [2.45, 2.75) is 37.5 Å². The molecule has 30 heavy (non-hydrogen) atoms. The molecule has 0 aromatic heterocycles. The van der Waals surface area contributed by atoms with E-state index in [9.17, 15) is 9.59 Å². The molecule has 0 unspecified atom stereocenters. The summed E-state index contributed by atoms with van der Waals surface area (Å²) >= 11 is 13.4. The Morgan fingerprint density at radius 1 is 0.833 bits per heavy atom. The molecule has 0 N–H and O–H groups in total. The minimum atomic E-state index is -0.287. The minimum absolute atomic E-state index is 0.260. The highest BCUT2D eigenvalue weighted by Crippen LogP contribution is 2.40. The molecule has 0 spiro atoms. The highest BCUT2D eigenvalue weighted by molar-refractivity contribution is 8.04. The van der Waals surface area contributed by atoms with Crippen LogP contribution >= 0.6 is 35.0 Å². The number of anilines is 1. The molecule has 156 valence electrons. The van der Waals surface area contributed by atoms with Gasteiger partial charge in [0.1, 0.15) is 10.6 Å². The van der Waals surface area contributed by atoms with Crippen LogP contribution < -0.4 is 4.90 Å². The van der Waals surface area contributed by atoms with Crippen molar-refractivity contribution in [2.75, 3.05) is 18.0 Å². The molecule has 1 saturated heterocycles. The molecule has 7 heteroatoms. The number of likely N-dealkylation sites (tertiary alicyclic amines) is 1. The highest BCUT2D eigenvalue weighted by Gasteiger charge is 2.43. The lowest BCUT2D eigenvalue weighted by molar-refractivity contribution is -0.121. The largest absolute Gasteiger partial charge is 0.366 e. The number of halogens is 2. The van der Waals surface area contributed by atoms with Crippen LogP contribution in [0.25, 0.3) is 0 Å². The maximum atomic E-state index is 13.6. The molecule has 0 radical (unpaired) electrons. The first-order valence-electron chi connectivity index (χ1n) is 10.0. The van der Waals surface area contributed by atoms with Crippen molar-refractivity contribution >= 4 is 52.5 Å². The van der Waals surface area contributed by atoms with E-state index >= 15 is 0 Å². The SMILES string of the molecule is Cc1cc(Cl)ccc1N1C(=O)C(Sc2ccc(Cl)cc2)=C(N2CCCCCC2)C1=O. The summed E-state index contributed by atoms with van der Waals surface area (Å²) in [7, 11) is 0. The Morgan fingerprint density at radius 2 is 1.47 bits per heavy atom. The highest BCUT2D eigenvalue weighted by atomic mass is 35.5. The number of hydrogen-bond donors (Lipinski definition) is 0. The Balaban J connectivity index is 1.76. The molecule has 1 fully saturated rings. The van der Waals surface area contributed by atoms with Gasteiger partial charge in [-0.3, -0.25) is 9.59 Å². The second kappa shape index (κ2) is 9.04. The molecule has 0 saturated carbocycles. The normalized spacial score (nSPS) is 17.7. The molecule has 0 bridgehead atoms. The standard InChI is InChI=1S/C23H22Cl2N2O2S/c1-15-14-17(25)8-11-19(15)27-22(28)20(26-12-4-2-3-5-13-26)21(23(27)29)30-18-9-6-16(24)7-10-18/h6-11,14H,2-5,12-13H2,1H3. The van der Waals surface area contributed by atoms with E-state index < -0.39 is 0 Å². The Morgan fingerprint density at radius 3 is 2.10 bits per heavy atom. The third-order valence-electron chi connectivity index (χ3n) is 5.37.